The van der Waals surface area contributed by atoms with E-state index in [2.05, 4.69) is 5.32 Å². The third-order valence-corrected chi connectivity index (χ3v) is 4.36. The highest BCUT2D eigenvalue weighted by Gasteiger charge is 2.26. The van der Waals surface area contributed by atoms with Crippen molar-refractivity contribution in [2.24, 2.45) is 13.0 Å². The number of nitrogens with one attached hydrogen (secondary N) is 1. The summed E-state index contributed by atoms with van der Waals surface area (Å²) < 4.78 is 27.9. The van der Waals surface area contributed by atoms with Gasteiger partial charge >= 0.3 is 6.03 Å². The monoisotopic (exact) mass is 347 g/mol. The van der Waals surface area contributed by atoms with Crippen LogP contribution in [-0.4, -0.2) is 28.6 Å². The summed E-state index contributed by atoms with van der Waals surface area (Å²) in [7, 11) is 1.61. The molecule has 0 bridgehead atoms. The first-order valence-electron chi connectivity index (χ1n) is 8.08. The third-order valence-electron chi connectivity index (χ3n) is 4.36. The van der Waals surface area contributed by atoms with Crippen LogP contribution in [0.15, 0.2) is 41.3 Å². The summed E-state index contributed by atoms with van der Waals surface area (Å²) in [6.45, 7) is 1.11. The van der Waals surface area contributed by atoms with Crippen molar-refractivity contribution in [1.29, 1.82) is 0 Å². The van der Waals surface area contributed by atoms with Gasteiger partial charge in [0, 0.05) is 38.5 Å². The second-order valence-corrected chi connectivity index (χ2v) is 6.38. The van der Waals surface area contributed by atoms with Crippen LogP contribution < -0.4 is 10.9 Å². The number of aromatic nitrogens is 1. The molecule has 0 saturated carbocycles. The normalized spacial score (nSPS) is 16.9. The van der Waals surface area contributed by atoms with Gasteiger partial charge in [-0.1, -0.05) is 0 Å². The Kier molecular flexibility index (Phi) is 4.83. The number of halogens is 2. The molecular formula is C18H19F2N3O2. The van der Waals surface area contributed by atoms with Gasteiger partial charge in [0.1, 0.15) is 11.6 Å². The summed E-state index contributed by atoms with van der Waals surface area (Å²) in [5, 5.41) is 2.76. The van der Waals surface area contributed by atoms with E-state index in [1.165, 1.54) is 22.8 Å². The summed E-state index contributed by atoms with van der Waals surface area (Å²) >= 11 is 0. The lowest BCUT2D eigenvalue weighted by Gasteiger charge is -2.18. The molecule has 5 nitrogen and oxygen atoms in total. The van der Waals surface area contributed by atoms with Crippen LogP contribution in [0.2, 0.25) is 0 Å². The molecule has 1 aliphatic rings. The molecule has 1 aromatic heterocycles. The van der Waals surface area contributed by atoms with E-state index < -0.39 is 11.6 Å². The van der Waals surface area contributed by atoms with E-state index >= 15 is 0 Å². The fraction of sp³-hybridized carbons (Fsp3) is 0.333. The minimum absolute atomic E-state index is 0.151. The van der Waals surface area contributed by atoms with E-state index in [0.29, 0.717) is 30.8 Å². The Morgan fingerprint density at radius 2 is 1.96 bits per heavy atom. The van der Waals surface area contributed by atoms with Crippen LogP contribution in [0.3, 0.4) is 0 Å². The molecule has 132 valence electrons. The highest BCUT2D eigenvalue weighted by Crippen LogP contribution is 2.22. The molecule has 1 unspecified atom stereocenters. The minimum atomic E-state index is -0.586. The quantitative estimate of drug-likeness (QED) is 0.928. The first kappa shape index (κ1) is 17.1. The van der Waals surface area contributed by atoms with Gasteiger partial charge in [-0.25, -0.2) is 13.6 Å². The number of benzene rings is 1. The van der Waals surface area contributed by atoms with Crippen LogP contribution in [0.1, 0.15) is 12.0 Å². The second-order valence-electron chi connectivity index (χ2n) is 6.38. The smallest absolute Gasteiger partial charge is 0.321 e. The molecule has 1 atom stereocenters. The van der Waals surface area contributed by atoms with Gasteiger partial charge in [0.15, 0.2) is 0 Å². The number of carbonyl (C=O) groups excluding carboxylic acids is 1. The summed E-state index contributed by atoms with van der Waals surface area (Å²) in [5.41, 5.74) is 0.993. The van der Waals surface area contributed by atoms with Crippen LogP contribution >= 0.6 is 0 Å². The van der Waals surface area contributed by atoms with E-state index in [-0.39, 0.29) is 17.5 Å². The maximum absolute atomic E-state index is 13.3. The molecule has 0 spiro atoms. The zero-order valence-corrected chi connectivity index (χ0v) is 13.8. The number of likely N-dealkylation sites (tertiary alicyclic amines) is 1. The molecule has 7 heteroatoms. The lowest BCUT2D eigenvalue weighted by atomic mass is 9.98. The predicted octanol–water partition coefficient (Wildman–Crippen LogP) is 2.76. The SMILES string of the molecule is Cn1cc(NC(=O)N2CCC(Cc3cc(F)cc(F)c3)C2)ccc1=O. The van der Waals surface area contributed by atoms with Gasteiger partial charge in [-0.3, -0.25) is 4.79 Å². The number of urea groups is 1. The number of hydrogen-bond acceptors (Lipinski definition) is 2. The highest BCUT2D eigenvalue weighted by atomic mass is 19.1. The standard InChI is InChI=1S/C18H19F2N3O2/c1-22-11-16(2-3-17(22)24)21-18(25)23-5-4-12(10-23)6-13-7-14(19)9-15(20)8-13/h2-3,7-9,11-12H,4-6,10H2,1H3,(H,21,25). The highest BCUT2D eigenvalue weighted by molar-refractivity contribution is 5.89. The number of amides is 2. The van der Waals surface area contributed by atoms with Gasteiger partial charge in [0.05, 0.1) is 5.69 Å². The number of rotatable bonds is 3. The number of nitrogens with zero attached hydrogens (tertiary/aromatic N) is 2. The van der Waals surface area contributed by atoms with Crippen molar-refractivity contribution in [2.75, 3.05) is 18.4 Å². The van der Waals surface area contributed by atoms with E-state index in [1.54, 1.807) is 24.2 Å². The molecule has 1 saturated heterocycles. The van der Waals surface area contributed by atoms with Gasteiger partial charge in [-0.2, -0.15) is 0 Å². The molecule has 1 aromatic carbocycles. The van der Waals surface area contributed by atoms with E-state index in [0.717, 1.165) is 12.5 Å². The van der Waals surface area contributed by atoms with Crippen molar-refractivity contribution in [3.05, 3.63) is 64.1 Å². The Labute approximate surface area is 143 Å². The molecular weight excluding hydrogens is 328 g/mol. The van der Waals surface area contributed by atoms with Crippen molar-refractivity contribution in [1.82, 2.24) is 9.47 Å². The number of carbonyl (C=O) groups is 1. The van der Waals surface area contributed by atoms with Crippen LogP contribution in [0.25, 0.3) is 0 Å². The van der Waals surface area contributed by atoms with E-state index in [1.807, 2.05) is 0 Å². The predicted molar refractivity (Wildman–Crippen MR) is 90.4 cm³/mol. The first-order valence-corrected chi connectivity index (χ1v) is 8.08. The molecule has 25 heavy (non-hydrogen) atoms. The fourth-order valence-electron chi connectivity index (χ4n) is 3.12. The molecule has 0 radical (unpaired) electrons. The zero-order chi connectivity index (χ0) is 18.0. The van der Waals surface area contributed by atoms with Crippen LogP contribution in [0, 0.1) is 17.6 Å². The lowest BCUT2D eigenvalue weighted by molar-refractivity contribution is 0.220. The average molecular weight is 347 g/mol. The second kappa shape index (κ2) is 7.04. The molecule has 3 rings (SSSR count). The van der Waals surface area contributed by atoms with Gasteiger partial charge < -0.3 is 14.8 Å². The molecule has 2 amide bonds. The van der Waals surface area contributed by atoms with Crippen molar-refractivity contribution >= 4 is 11.7 Å². The summed E-state index contributed by atoms with van der Waals surface area (Å²) in [4.78, 5) is 25.4. The molecule has 0 aliphatic carbocycles. The number of anilines is 1. The van der Waals surface area contributed by atoms with Crippen LogP contribution in [0.5, 0.6) is 0 Å². The maximum Gasteiger partial charge on any atom is 0.321 e. The fourth-order valence-corrected chi connectivity index (χ4v) is 3.12. The van der Waals surface area contributed by atoms with Crippen molar-refractivity contribution in [3.8, 4) is 0 Å². The topological polar surface area (TPSA) is 54.3 Å². The largest absolute Gasteiger partial charge is 0.324 e. The van der Waals surface area contributed by atoms with Crippen molar-refractivity contribution < 1.29 is 13.6 Å². The first-order chi connectivity index (χ1) is 11.9. The maximum atomic E-state index is 13.3. The van der Waals surface area contributed by atoms with Crippen molar-refractivity contribution in [2.45, 2.75) is 12.8 Å². The summed E-state index contributed by atoms with van der Waals surface area (Å²) in [6.07, 6.45) is 2.86. The van der Waals surface area contributed by atoms with Crippen LogP contribution in [0.4, 0.5) is 19.3 Å². The lowest BCUT2D eigenvalue weighted by Crippen LogP contribution is -2.33. The number of hydrogen-bond donors (Lipinski definition) is 1. The number of aryl methyl sites for hydroxylation is 1. The zero-order valence-electron chi connectivity index (χ0n) is 13.8. The summed E-state index contributed by atoms with van der Waals surface area (Å²) in [5.74, 6) is -1.01. The Balaban J connectivity index is 1.59. The molecule has 1 aliphatic heterocycles. The van der Waals surface area contributed by atoms with Gasteiger partial charge in [-0.05, 0) is 42.5 Å². The Morgan fingerprint density at radius 1 is 1.24 bits per heavy atom. The van der Waals surface area contributed by atoms with Gasteiger partial charge in [0.2, 0.25) is 5.56 Å². The van der Waals surface area contributed by atoms with E-state index in [9.17, 15) is 18.4 Å². The molecule has 2 heterocycles. The summed E-state index contributed by atoms with van der Waals surface area (Å²) in [6, 6.07) is 6.22. The van der Waals surface area contributed by atoms with Gasteiger partial charge in [0.25, 0.3) is 0 Å². The minimum Gasteiger partial charge on any atom is -0.324 e. The van der Waals surface area contributed by atoms with Crippen molar-refractivity contribution in [3.63, 3.8) is 0 Å². The molecule has 1 fully saturated rings. The Morgan fingerprint density at radius 3 is 2.64 bits per heavy atom. The molecule has 2 aromatic rings. The molecule has 1 N–H and O–H groups in total. The Bertz CT molecular complexity index is 830. The Hall–Kier alpha value is -2.70. The number of pyridine rings is 1. The third kappa shape index (κ3) is 4.23. The van der Waals surface area contributed by atoms with E-state index in [4.69, 9.17) is 0 Å². The van der Waals surface area contributed by atoms with Gasteiger partial charge in [-0.15, -0.1) is 0 Å². The van der Waals surface area contributed by atoms with Crippen LogP contribution in [-0.2, 0) is 13.5 Å². The average Bonchev–Trinajstić information content (AvgIpc) is 2.98.